The van der Waals surface area contributed by atoms with Crippen LogP contribution >= 0.6 is 0 Å². The van der Waals surface area contributed by atoms with Crippen molar-refractivity contribution >= 4 is 0 Å². The summed E-state index contributed by atoms with van der Waals surface area (Å²) in [5.74, 6) is 1.46. The van der Waals surface area contributed by atoms with E-state index in [1.807, 2.05) is 0 Å². The molecule has 0 aliphatic heterocycles. The van der Waals surface area contributed by atoms with Crippen LogP contribution in [0.2, 0.25) is 0 Å². The van der Waals surface area contributed by atoms with Crippen LogP contribution in [0.15, 0.2) is 12.2 Å². The highest BCUT2D eigenvalue weighted by Gasteiger charge is 2.53. The number of hydrogen-bond donors (Lipinski definition) is 1. The summed E-state index contributed by atoms with van der Waals surface area (Å²) in [6.07, 6.45) is 7.41. The SMILES string of the molecule is C=C1CCC[C@@H]2[C@@](C)(CCO)[C@H](C)CC[C@@]12C. The van der Waals surface area contributed by atoms with Gasteiger partial charge in [0.2, 0.25) is 0 Å². The van der Waals surface area contributed by atoms with Crippen LogP contribution in [-0.2, 0) is 0 Å². The Kier molecular flexibility index (Phi) is 3.42. The van der Waals surface area contributed by atoms with E-state index in [0.717, 1.165) is 18.3 Å². The molecule has 4 atom stereocenters. The summed E-state index contributed by atoms with van der Waals surface area (Å²) in [4.78, 5) is 0. The van der Waals surface area contributed by atoms with Crippen molar-refractivity contribution in [2.24, 2.45) is 22.7 Å². The monoisotopic (exact) mass is 236 g/mol. The molecule has 0 unspecified atom stereocenters. The summed E-state index contributed by atoms with van der Waals surface area (Å²) in [5, 5.41) is 9.42. The lowest BCUT2D eigenvalue weighted by Crippen LogP contribution is -2.50. The summed E-state index contributed by atoms with van der Waals surface area (Å²) in [6.45, 7) is 11.9. The molecular weight excluding hydrogens is 208 g/mol. The standard InChI is InChI=1S/C16H28O/c1-12-6-5-7-14-15(12,3)9-8-13(2)16(14,4)10-11-17/h13-14,17H,1,5-11H2,2-4H3/t13-,14+,15+,16+/m1/s1. The summed E-state index contributed by atoms with van der Waals surface area (Å²) in [7, 11) is 0. The maximum atomic E-state index is 9.42. The molecule has 0 radical (unpaired) electrons. The first kappa shape index (κ1) is 13.1. The molecule has 0 saturated heterocycles. The van der Waals surface area contributed by atoms with Crippen molar-refractivity contribution in [2.45, 2.75) is 59.3 Å². The zero-order valence-corrected chi connectivity index (χ0v) is 11.8. The van der Waals surface area contributed by atoms with Gasteiger partial charge in [0.05, 0.1) is 0 Å². The van der Waals surface area contributed by atoms with E-state index in [-0.39, 0.29) is 0 Å². The van der Waals surface area contributed by atoms with E-state index < -0.39 is 0 Å². The molecule has 1 N–H and O–H groups in total. The quantitative estimate of drug-likeness (QED) is 0.714. The molecule has 98 valence electrons. The van der Waals surface area contributed by atoms with Crippen LogP contribution in [0.4, 0.5) is 0 Å². The zero-order chi connectivity index (χ0) is 12.7. The van der Waals surface area contributed by atoms with Gasteiger partial charge in [0.25, 0.3) is 0 Å². The van der Waals surface area contributed by atoms with E-state index in [2.05, 4.69) is 27.4 Å². The van der Waals surface area contributed by atoms with Crippen LogP contribution in [-0.4, -0.2) is 11.7 Å². The number of fused-ring (bicyclic) bond motifs is 1. The fourth-order valence-corrected chi connectivity index (χ4v) is 4.63. The Morgan fingerprint density at radius 1 is 1.35 bits per heavy atom. The van der Waals surface area contributed by atoms with Gasteiger partial charge < -0.3 is 5.11 Å². The fraction of sp³-hybridized carbons (Fsp3) is 0.875. The molecule has 0 heterocycles. The molecule has 0 spiro atoms. The minimum atomic E-state index is 0.311. The van der Waals surface area contributed by atoms with Gasteiger partial charge in [0, 0.05) is 6.61 Å². The highest BCUT2D eigenvalue weighted by atomic mass is 16.3. The molecule has 1 heteroatoms. The molecular formula is C16H28O. The van der Waals surface area contributed by atoms with Crippen molar-refractivity contribution in [3.05, 3.63) is 12.2 Å². The Bertz CT molecular complexity index is 309. The van der Waals surface area contributed by atoms with Crippen LogP contribution in [0.25, 0.3) is 0 Å². The lowest BCUT2D eigenvalue weighted by atomic mass is 9.46. The van der Waals surface area contributed by atoms with E-state index in [9.17, 15) is 5.11 Å². The number of allylic oxidation sites excluding steroid dienone is 1. The predicted molar refractivity (Wildman–Crippen MR) is 72.8 cm³/mol. The highest BCUT2D eigenvalue weighted by Crippen LogP contribution is 2.62. The van der Waals surface area contributed by atoms with Gasteiger partial charge in [-0.1, -0.05) is 32.9 Å². The zero-order valence-electron chi connectivity index (χ0n) is 11.8. The third-order valence-corrected chi connectivity index (χ3v) is 6.22. The number of aliphatic hydroxyl groups is 1. The van der Waals surface area contributed by atoms with E-state index in [1.165, 1.54) is 37.7 Å². The second kappa shape index (κ2) is 4.42. The van der Waals surface area contributed by atoms with E-state index in [4.69, 9.17) is 0 Å². The predicted octanol–water partition coefficient (Wildman–Crippen LogP) is 4.17. The minimum Gasteiger partial charge on any atom is -0.396 e. The lowest BCUT2D eigenvalue weighted by Gasteiger charge is -2.58. The van der Waals surface area contributed by atoms with Crippen molar-refractivity contribution in [3.8, 4) is 0 Å². The van der Waals surface area contributed by atoms with Crippen molar-refractivity contribution < 1.29 is 5.11 Å². The van der Waals surface area contributed by atoms with Gasteiger partial charge in [-0.3, -0.25) is 0 Å². The smallest absolute Gasteiger partial charge is 0.0436 e. The van der Waals surface area contributed by atoms with Gasteiger partial charge in [-0.05, 0) is 61.2 Å². The van der Waals surface area contributed by atoms with Gasteiger partial charge in [-0.25, -0.2) is 0 Å². The highest BCUT2D eigenvalue weighted by molar-refractivity contribution is 5.18. The Morgan fingerprint density at radius 2 is 2.06 bits per heavy atom. The molecule has 2 saturated carbocycles. The molecule has 2 rings (SSSR count). The molecule has 1 nitrogen and oxygen atoms in total. The van der Waals surface area contributed by atoms with Gasteiger partial charge in [-0.2, -0.15) is 0 Å². The second-order valence-corrected chi connectivity index (χ2v) is 6.88. The Hall–Kier alpha value is -0.300. The average molecular weight is 236 g/mol. The Balaban J connectivity index is 2.34. The lowest BCUT2D eigenvalue weighted by molar-refractivity contribution is -0.0619. The largest absolute Gasteiger partial charge is 0.396 e. The molecule has 17 heavy (non-hydrogen) atoms. The Morgan fingerprint density at radius 3 is 2.71 bits per heavy atom. The van der Waals surface area contributed by atoms with Crippen molar-refractivity contribution in [1.29, 1.82) is 0 Å². The van der Waals surface area contributed by atoms with Crippen LogP contribution in [0.3, 0.4) is 0 Å². The minimum absolute atomic E-state index is 0.311. The molecule has 2 aliphatic carbocycles. The number of rotatable bonds is 2. The van der Waals surface area contributed by atoms with E-state index in [1.54, 1.807) is 0 Å². The van der Waals surface area contributed by atoms with Gasteiger partial charge >= 0.3 is 0 Å². The van der Waals surface area contributed by atoms with E-state index >= 15 is 0 Å². The third-order valence-electron chi connectivity index (χ3n) is 6.22. The summed E-state index contributed by atoms with van der Waals surface area (Å²) in [6, 6.07) is 0. The van der Waals surface area contributed by atoms with Crippen molar-refractivity contribution in [1.82, 2.24) is 0 Å². The maximum Gasteiger partial charge on any atom is 0.0436 e. The van der Waals surface area contributed by atoms with Gasteiger partial charge in [-0.15, -0.1) is 0 Å². The third kappa shape index (κ3) is 1.87. The van der Waals surface area contributed by atoms with Gasteiger partial charge in [0.1, 0.15) is 0 Å². The summed E-state index contributed by atoms with van der Waals surface area (Å²) >= 11 is 0. The summed E-state index contributed by atoms with van der Waals surface area (Å²) in [5.41, 5.74) is 2.13. The Labute approximate surface area is 106 Å². The van der Waals surface area contributed by atoms with Crippen LogP contribution in [0, 0.1) is 22.7 Å². The van der Waals surface area contributed by atoms with Crippen LogP contribution in [0.1, 0.15) is 59.3 Å². The average Bonchev–Trinajstić information content (AvgIpc) is 2.28. The van der Waals surface area contributed by atoms with Crippen LogP contribution in [0.5, 0.6) is 0 Å². The first-order valence-corrected chi connectivity index (χ1v) is 7.24. The topological polar surface area (TPSA) is 20.2 Å². The number of aliphatic hydroxyl groups excluding tert-OH is 1. The van der Waals surface area contributed by atoms with E-state index in [0.29, 0.717) is 17.4 Å². The van der Waals surface area contributed by atoms with Gasteiger partial charge in [0.15, 0.2) is 0 Å². The van der Waals surface area contributed by atoms with Crippen LogP contribution < -0.4 is 0 Å². The second-order valence-electron chi connectivity index (χ2n) is 6.88. The molecule has 0 aromatic carbocycles. The maximum absolute atomic E-state index is 9.42. The first-order chi connectivity index (χ1) is 7.95. The molecule has 0 aromatic rings. The van der Waals surface area contributed by atoms with Crippen molar-refractivity contribution in [2.75, 3.05) is 6.61 Å². The molecule has 0 amide bonds. The molecule has 2 aliphatic rings. The number of hydrogen-bond acceptors (Lipinski definition) is 1. The molecule has 2 fully saturated rings. The molecule has 0 bridgehead atoms. The summed E-state index contributed by atoms with van der Waals surface area (Å²) < 4.78 is 0. The normalized spacial score (nSPS) is 46.7. The first-order valence-electron chi connectivity index (χ1n) is 7.24. The molecule has 0 aromatic heterocycles. The fourth-order valence-electron chi connectivity index (χ4n) is 4.63. The van der Waals surface area contributed by atoms with Crippen molar-refractivity contribution in [3.63, 3.8) is 0 Å².